The number of rotatable bonds is 2. The first-order valence-electron chi connectivity index (χ1n) is 5.75. The van der Waals surface area contributed by atoms with Crippen LogP contribution in [0.1, 0.15) is 17.5 Å². The third-order valence-corrected chi connectivity index (χ3v) is 4.15. The van der Waals surface area contributed by atoms with Crippen molar-refractivity contribution in [1.29, 1.82) is 0 Å². The van der Waals surface area contributed by atoms with E-state index in [0.717, 1.165) is 11.1 Å². The van der Waals surface area contributed by atoms with Crippen LogP contribution < -0.4 is 0 Å². The number of alkyl halides is 2. The van der Waals surface area contributed by atoms with Crippen molar-refractivity contribution in [2.24, 2.45) is 5.41 Å². The molecule has 1 aromatic carbocycles. The van der Waals surface area contributed by atoms with Crippen molar-refractivity contribution >= 4 is 0 Å². The van der Waals surface area contributed by atoms with E-state index in [4.69, 9.17) is 4.74 Å². The lowest BCUT2D eigenvalue weighted by molar-refractivity contribution is 0.0492. The van der Waals surface area contributed by atoms with E-state index in [1.54, 1.807) is 6.08 Å². The SMILES string of the molecule is Cc1ccc([C@]23COC=C[C@@]2(C(F)F)C3)cc1. The van der Waals surface area contributed by atoms with Crippen LogP contribution in [-0.2, 0) is 10.2 Å². The number of hydrogen-bond acceptors (Lipinski definition) is 1. The summed E-state index contributed by atoms with van der Waals surface area (Å²) >= 11 is 0. The van der Waals surface area contributed by atoms with Crippen molar-refractivity contribution in [3.63, 3.8) is 0 Å². The van der Waals surface area contributed by atoms with Crippen LogP contribution in [0.5, 0.6) is 0 Å². The van der Waals surface area contributed by atoms with Crippen LogP contribution in [0.2, 0.25) is 0 Å². The summed E-state index contributed by atoms with van der Waals surface area (Å²) in [5.74, 6) is 0. The number of allylic oxidation sites excluding steroid dienone is 1. The van der Waals surface area contributed by atoms with Gasteiger partial charge in [-0.1, -0.05) is 29.8 Å². The Bertz CT molecular complexity index is 466. The molecule has 3 rings (SSSR count). The van der Waals surface area contributed by atoms with Gasteiger partial charge in [-0.05, 0) is 25.0 Å². The summed E-state index contributed by atoms with van der Waals surface area (Å²) in [7, 11) is 0. The second kappa shape index (κ2) is 3.31. The van der Waals surface area contributed by atoms with Crippen molar-refractivity contribution in [3.05, 3.63) is 47.7 Å². The maximum absolute atomic E-state index is 13.2. The molecule has 0 N–H and O–H groups in total. The second-order valence-corrected chi connectivity index (χ2v) is 5.08. The van der Waals surface area contributed by atoms with E-state index in [2.05, 4.69) is 0 Å². The number of hydrogen-bond donors (Lipinski definition) is 0. The molecule has 1 fully saturated rings. The van der Waals surface area contributed by atoms with E-state index in [1.165, 1.54) is 6.26 Å². The van der Waals surface area contributed by atoms with Crippen molar-refractivity contribution in [2.45, 2.75) is 25.2 Å². The fourth-order valence-electron chi connectivity index (χ4n) is 2.90. The van der Waals surface area contributed by atoms with Crippen LogP contribution in [-0.4, -0.2) is 13.0 Å². The zero-order valence-electron chi connectivity index (χ0n) is 9.62. The molecule has 2 atom stereocenters. The highest BCUT2D eigenvalue weighted by molar-refractivity contribution is 5.44. The van der Waals surface area contributed by atoms with Gasteiger partial charge in [-0.15, -0.1) is 0 Å². The first-order chi connectivity index (χ1) is 8.11. The number of ether oxygens (including phenoxy) is 1. The van der Waals surface area contributed by atoms with E-state index in [9.17, 15) is 8.78 Å². The molecule has 0 unspecified atom stereocenters. The number of benzene rings is 1. The van der Waals surface area contributed by atoms with E-state index < -0.39 is 17.3 Å². The van der Waals surface area contributed by atoms with Gasteiger partial charge < -0.3 is 4.74 Å². The van der Waals surface area contributed by atoms with Crippen LogP contribution in [0.25, 0.3) is 0 Å². The van der Waals surface area contributed by atoms with E-state index in [-0.39, 0.29) is 0 Å². The van der Waals surface area contributed by atoms with Crippen molar-refractivity contribution in [1.82, 2.24) is 0 Å². The Balaban J connectivity index is 2.03. The number of aryl methyl sites for hydroxylation is 1. The molecule has 1 aromatic rings. The zero-order valence-corrected chi connectivity index (χ0v) is 9.62. The summed E-state index contributed by atoms with van der Waals surface area (Å²) in [6.07, 6.45) is 1.12. The average Bonchev–Trinajstić information content (AvgIpc) is 3.02. The fourth-order valence-corrected chi connectivity index (χ4v) is 2.90. The summed E-state index contributed by atoms with van der Waals surface area (Å²) in [6, 6.07) is 7.83. The Morgan fingerprint density at radius 1 is 1.24 bits per heavy atom. The lowest BCUT2D eigenvalue weighted by Gasteiger charge is -2.26. The highest BCUT2D eigenvalue weighted by atomic mass is 19.3. The molecule has 0 aromatic heterocycles. The van der Waals surface area contributed by atoms with Gasteiger partial charge in [0.2, 0.25) is 6.43 Å². The van der Waals surface area contributed by atoms with Gasteiger partial charge in [0.1, 0.15) is 0 Å². The minimum atomic E-state index is -2.33. The average molecular weight is 236 g/mol. The van der Waals surface area contributed by atoms with Gasteiger partial charge in [-0.2, -0.15) is 0 Å². The summed E-state index contributed by atoms with van der Waals surface area (Å²) in [4.78, 5) is 0. The van der Waals surface area contributed by atoms with E-state index >= 15 is 0 Å². The molecule has 1 aliphatic heterocycles. The zero-order chi connectivity index (χ0) is 12.1. The summed E-state index contributed by atoms with van der Waals surface area (Å²) in [6.45, 7) is 2.35. The predicted octanol–water partition coefficient (Wildman–Crippen LogP) is 3.43. The first kappa shape index (κ1) is 10.8. The highest BCUT2D eigenvalue weighted by Crippen LogP contribution is 2.69. The molecule has 2 aliphatic rings. The van der Waals surface area contributed by atoms with Crippen LogP contribution in [0, 0.1) is 12.3 Å². The minimum absolute atomic E-state index is 0.358. The molecule has 0 amide bonds. The lowest BCUT2D eigenvalue weighted by Crippen LogP contribution is -2.30. The minimum Gasteiger partial charge on any atom is -0.501 e. The molecule has 1 aliphatic carbocycles. The van der Waals surface area contributed by atoms with Gasteiger partial charge in [0.15, 0.2) is 0 Å². The molecular formula is C14H14F2O. The quantitative estimate of drug-likeness (QED) is 0.764. The lowest BCUT2D eigenvalue weighted by atomic mass is 9.85. The molecule has 0 bridgehead atoms. The Kier molecular flexibility index (Phi) is 2.09. The van der Waals surface area contributed by atoms with Gasteiger partial charge >= 0.3 is 0 Å². The van der Waals surface area contributed by atoms with E-state index in [1.807, 2.05) is 31.2 Å². The maximum atomic E-state index is 13.2. The molecule has 90 valence electrons. The topological polar surface area (TPSA) is 9.23 Å². The monoisotopic (exact) mass is 236 g/mol. The Morgan fingerprint density at radius 2 is 1.94 bits per heavy atom. The summed E-state index contributed by atoms with van der Waals surface area (Å²) in [5.41, 5.74) is 0.595. The Labute approximate surface area is 99.1 Å². The molecule has 0 saturated heterocycles. The molecule has 0 radical (unpaired) electrons. The largest absolute Gasteiger partial charge is 0.501 e. The van der Waals surface area contributed by atoms with Crippen LogP contribution in [0.15, 0.2) is 36.6 Å². The standard InChI is InChI=1S/C14H14F2O/c1-10-2-4-11(5-3-10)14-8-13(14,12(15)16)6-7-17-9-14/h2-7,12H,8-9H2,1H3/t13-,14-/m0/s1. The van der Waals surface area contributed by atoms with Gasteiger partial charge in [-0.3, -0.25) is 0 Å². The van der Waals surface area contributed by atoms with Crippen molar-refractivity contribution in [3.8, 4) is 0 Å². The smallest absolute Gasteiger partial charge is 0.248 e. The molecule has 1 nitrogen and oxygen atoms in total. The highest BCUT2D eigenvalue weighted by Gasteiger charge is 2.73. The summed E-state index contributed by atoms with van der Waals surface area (Å²) in [5, 5.41) is 0. The molecule has 1 saturated carbocycles. The van der Waals surface area contributed by atoms with Gasteiger partial charge in [0.25, 0.3) is 0 Å². The Morgan fingerprint density at radius 3 is 2.59 bits per heavy atom. The number of halogens is 2. The first-order valence-corrected chi connectivity index (χ1v) is 5.75. The van der Waals surface area contributed by atoms with Crippen LogP contribution in [0.3, 0.4) is 0 Å². The van der Waals surface area contributed by atoms with Gasteiger partial charge in [0, 0.05) is 5.41 Å². The molecule has 0 spiro atoms. The number of fused-ring (bicyclic) bond motifs is 1. The van der Waals surface area contributed by atoms with Crippen LogP contribution in [0.4, 0.5) is 8.78 Å². The van der Waals surface area contributed by atoms with Crippen molar-refractivity contribution < 1.29 is 13.5 Å². The van der Waals surface area contributed by atoms with Crippen molar-refractivity contribution in [2.75, 3.05) is 6.61 Å². The fraction of sp³-hybridized carbons (Fsp3) is 0.429. The van der Waals surface area contributed by atoms with E-state index in [0.29, 0.717) is 13.0 Å². The normalized spacial score (nSPS) is 34.4. The Hall–Kier alpha value is -1.38. The maximum Gasteiger partial charge on any atom is 0.248 e. The predicted molar refractivity (Wildman–Crippen MR) is 61.0 cm³/mol. The third kappa shape index (κ3) is 1.28. The van der Waals surface area contributed by atoms with Gasteiger partial charge in [-0.25, -0.2) is 8.78 Å². The summed E-state index contributed by atoms with van der Waals surface area (Å²) < 4.78 is 31.8. The third-order valence-electron chi connectivity index (χ3n) is 4.15. The second-order valence-electron chi connectivity index (χ2n) is 5.08. The molecule has 3 heteroatoms. The van der Waals surface area contributed by atoms with Gasteiger partial charge in [0.05, 0.1) is 18.3 Å². The van der Waals surface area contributed by atoms with Crippen LogP contribution >= 0.6 is 0 Å². The molecule has 1 heterocycles. The molecule has 17 heavy (non-hydrogen) atoms. The molecular weight excluding hydrogens is 222 g/mol.